The van der Waals surface area contributed by atoms with Crippen molar-refractivity contribution in [2.24, 2.45) is 0 Å². The van der Waals surface area contributed by atoms with Gasteiger partial charge in [-0.15, -0.1) is 0 Å². The van der Waals surface area contributed by atoms with Crippen LogP contribution in [-0.4, -0.2) is 11.5 Å². The molecule has 1 aromatic carbocycles. The summed E-state index contributed by atoms with van der Waals surface area (Å²) in [6.07, 6.45) is 1.79. The van der Waals surface area contributed by atoms with E-state index in [-0.39, 0.29) is 0 Å². The van der Waals surface area contributed by atoms with Gasteiger partial charge < -0.3 is 5.32 Å². The molecule has 1 aromatic heterocycles. The molecule has 5 heteroatoms. The second kappa shape index (κ2) is 7.29. The van der Waals surface area contributed by atoms with E-state index in [0.29, 0.717) is 0 Å². The predicted octanol–water partition coefficient (Wildman–Crippen LogP) is 4.76. The van der Waals surface area contributed by atoms with Crippen molar-refractivity contribution in [3.8, 4) is 0 Å². The molecular formula is C14H14BrClN2S. The second-order valence-electron chi connectivity index (χ2n) is 3.93. The van der Waals surface area contributed by atoms with Crippen LogP contribution < -0.4 is 5.32 Å². The molecule has 1 N–H and O–H groups in total. The van der Waals surface area contributed by atoms with Gasteiger partial charge >= 0.3 is 0 Å². The maximum absolute atomic E-state index is 6.29. The number of halogens is 2. The fourth-order valence-corrected chi connectivity index (χ4v) is 3.18. The first kappa shape index (κ1) is 14.9. The maximum atomic E-state index is 6.29. The van der Waals surface area contributed by atoms with Crippen molar-refractivity contribution in [2.45, 2.75) is 23.4 Å². The molecule has 100 valence electrons. The van der Waals surface area contributed by atoms with E-state index in [4.69, 9.17) is 11.6 Å². The largest absolute Gasteiger partial charge is 0.313 e. The van der Waals surface area contributed by atoms with Crippen molar-refractivity contribution in [2.75, 3.05) is 6.54 Å². The van der Waals surface area contributed by atoms with E-state index < -0.39 is 0 Å². The smallest absolute Gasteiger partial charge is 0.115 e. The SMILES string of the molecule is CCNCc1ccc(Sc2ncccc2Br)cc1Cl. The summed E-state index contributed by atoms with van der Waals surface area (Å²) >= 11 is 11.4. The topological polar surface area (TPSA) is 24.9 Å². The lowest BCUT2D eigenvalue weighted by molar-refractivity contribution is 0.726. The lowest BCUT2D eigenvalue weighted by Gasteiger charge is -2.08. The number of benzene rings is 1. The van der Waals surface area contributed by atoms with Crippen molar-refractivity contribution in [3.63, 3.8) is 0 Å². The average Bonchev–Trinajstić information content (AvgIpc) is 2.40. The third-order valence-corrected chi connectivity index (χ3v) is 4.79. The van der Waals surface area contributed by atoms with Crippen molar-refractivity contribution in [1.29, 1.82) is 0 Å². The van der Waals surface area contributed by atoms with Crippen LogP contribution in [0.5, 0.6) is 0 Å². The third kappa shape index (κ3) is 4.21. The molecule has 0 bridgehead atoms. The van der Waals surface area contributed by atoms with E-state index in [1.165, 1.54) is 0 Å². The average molecular weight is 358 g/mol. The molecule has 0 aliphatic heterocycles. The van der Waals surface area contributed by atoms with Gasteiger partial charge in [0.15, 0.2) is 0 Å². The van der Waals surface area contributed by atoms with Gasteiger partial charge in [0.2, 0.25) is 0 Å². The fraction of sp³-hybridized carbons (Fsp3) is 0.214. The first-order chi connectivity index (χ1) is 9.20. The van der Waals surface area contributed by atoms with Gasteiger partial charge in [-0.3, -0.25) is 0 Å². The lowest BCUT2D eigenvalue weighted by atomic mass is 10.2. The van der Waals surface area contributed by atoms with Crippen LogP contribution in [0.2, 0.25) is 5.02 Å². The van der Waals surface area contributed by atoms with Crippen LogP contribution >= 0.6 is 39.3 Å². The molecule has 19 heavy (non-hydrogen) atoms. The Morgan fingerprint density at radius 3 is 2.89 bits per heavy atom. The Kier molecular flexibility index (Phi) is 5.70. The minimum Gasteiger partial charge on any atom is -0.313 e. The first-order valence-electron chi connectivity index (χ1n) is 5.98. The van der Waals surface area contributed by atoms with Crippen LogP contribution in [0.1, 0.15) is 12.5 Å². The van der Waals surface area contributed by atoms with Crippen LogP contribution in [0.4, 0.5) is 0 Å². The zero-order valence-corrected chi connectivity index (χ0v) is 13.6. The predicted molar refractivity (Wildman–Crippen MR) is 84.9 cm³/mol. The van der Waals surface area contributed by atoms with Crippen LogP contribution in [-0.2, 0) is 6.54 Å². The molecule has 0 spiro atoms. The number of hydrogen-bond donors (Lipinski definition) is 1. The molecule has 0 amide bonds. The van der Waals surface area contributed by atoms with E-state index >= 15 is 0 Å². The Morgan fingerprint density at radius 1 is 1.37 bits per heavy atom. The summed E-state index contributed by atoms with van der Waals surface area (Å²) in [6.45, 7) is 3.82. The Balaban J connectivity index is 2.14. The summed E-state index contributed by atoms with van der Waals surface area (Å²) in [5.74, 6) is 0. The van der Waals surface area contributed by atoms with Crippen LogP contribution in [0.15, 0.2) is 50.9 Å². The summed E-state index contributed by atoms with van der Waals surface area (Å²) in [4.78, 5) is 5.42. The second-order valence-corrected chi connectivity index (χ2v) is 6.25. The normalized spacial score (nSPS) is 10.7. The molecule has 0 saturated carbocycles. The van der Waals surface area contributed by atoms with E-state index in [0.717, 1.165) is 38.1 Å². The number of hydrogen-bond acceptors (Lipinski definition) is 3. The van der Waals surface area contributed by atoms with Crippen LogP contribution in [0, 0.1) is 0 Å². The first-order valence-corrected chi connectivity index (χ1v) is 7.97. The molecule has 2 aromatic rings. The summed E-state index contributed by atoms with van der Waals surface area (Å²) < 4.78 is 0.993. The number of aromatic nitrogens is 1. The maximum Gasteiger partial charge on any atom is 0.115 e. The number of nitrogens with one attached hydrogen (secondary N) is 1. The molecule has 0 fully saturated rings. The standard InChI is InChI=1S/C14H14BrClN2S/c1-2-17-9-10-5-6-11(8-13(10)16)19-14-12(15)4-3-7-18-14/h3-8,17H,2,9H2,1H3. The van der Waals surface area contributed by atoms with E-state index in [1.54, 1.807) is 18.0 Å². The van der Waals surface area contributed by atoms with Gasteiger partial charge in [0.1, 0.15) is 5.03 Å². The molecule has 0 aliphatic carbocycles. The number of nitrogens with zero attached hydrogens (tertiary/aromatic N) is 1. The monoisotopic (exact) mass is 356 g/mol. The van der Waals surface area contributed by atoms with Gasteiger partial charge in [0.05, 0.1) is 4.47 Å². The summed E-state index contributed by atoms with van der Waals surface area (Å²) in [7, 11) is 0. The number of rotatable bonds is 5. The summed E-state index contributed by atoms with van der Waals surface area (Å²) in [6, 6.07) is 10.0. The highest BCUT2D eigenvalue weighted by Crippen LogP contribution is 2.33. The zero-order valence-electron chi connectivity index (χ0n) is 10.5. The van der Waals surface area contributed by atoms with Crippen molar-refractivity contribution in [1.82, 2.24) is 10.3 Å². The molecule has 0 unspecified atom stereocenters. The highest BCUT2D eigenvalue weighted by molar-refractivity contribution is 9.10. The Labute approximate surface area is 131 Å². The van der Waals surface area contributed by atoms with Gasteiger partial charge in [-0.1, -0.05) is 36.4 Å². The van der Waals surface area contributed by atoms with Gasteiger partial charge in [0.25, 0.3) is 0 Å². The third-order valence-electron chi connectivity index (χ3n) is 2.53. The minimum atomic E-state index is 0.790. The Bertz CT molecular complexity index is 563. The molecule has 0 atom stereocenters. The van der Waals surface area contributed by atoms with Crippen LogP contribution in [0.3, 0.4) is 0 Å². The van der Waals surface area contributed by atoms with Gasteiger partial charge in [-0.2, -0.15) is 0 Å². The van der Waals surface area contributed by atoms with E-state index in [2.05, 4.69) is 45.3 Å². The highest BCUT2D eigenvalue weighted by atomic mass is 79.9. The van der Waals surface area contributed by atoms with Crippen molar-refractivity contribution in [3.05, 3.63) is 51.6 Å². The Morgan fingerprint density at radius 2 is 2.21 bits per heavy atom. The van der Waals surface area contributed by atoms with E-state index in [1.807, 2.05) is 18.2 Å². The van der Waals surface area contributed by atoms with Gasteiger partial charge in [-0.05, 0) is 52.3 Å². The van der Waals surface area contributed by atoms with Gasteiger partial charge in [-0.25, -0.2) is 4.98 Å². The molecule has 0 aliphatic rings. The zero-order chi connectivity index (χ0) is 13.7. The molecule has 1 heterocycles. The number of pyridine rings is 1. The molecule has 2 rings (SSSR count). The van der Waals surface area contributed by atoms with Crippen molar-refractivity contribution >= 4 is 39.3 Å². The molecular weight excluding hydrogens is 344 g/mol. The lowest BCUT2D eigenvalue weighted by Crippen LogP contribution is -2.11. The molecule has 0 radical (unpaired) electrons. The fourth-order valence-electron chi connectivity index (χ4n) is 1.55. The molecule has 0 saturated heterocycles. The van der Waals surface area contributed by atoms with E-state index in [9.17, 15) is 0 Å². The highest BCUT2D eigenvalue weighted by Gasteiger charge is 2.06. The quantitative estimate of drug-likeness (QED) is 0.835. The Hall–Kier alpha value is -0.550. The van der Waals surface area contributed by atoms with Crippen molar-refractivity contribution < 1.29 is 0 Å². The van der Waals surface area contributed by atoms with Gasteiger partial charge in [0, 0.05) is 22.7 Å². The minimum absolute atomic E-state index is 0.790. The molecule has 2 nitrogen and oxygen atoms in total. The summed E-state index contributed by atoms with van der Waals surface area (Å²) in [5, 5.41) is 5.00. The van der Waals surface area contributed by atoms with Crippen LogP contribution in [0.25, 0.3) is 0 Å². The summed E-state index contributed by atoms with van der Waals surface area (Å²) in [5.41, 5.74) is 1.12.